The van der Waals surface area contributed by atoms with Gasteiger partial charge in [0.2, 0.25) is 0 Å². The molecule has 1 N–H and O–H groups in total. The fourth-order valence-corrected chi connectivity index (χ4v) is 3.23. The van der Waals surface area contributed by atoms with E-state index in [1.807, 2.05) is 7.05 Å². The number of aromatic nitrogens is 2. The van der Waals surface area contributed by atoms with E-state index in [0.717, 1.165) is 25.3 Å². The van der Waals surface area contributed by atoms with Gasteiger partial charge in [-0.25, -0.2) is 4.68 Å². The molecule has 1 unspecified atom stereocenters. The molecule has 118 valence electrons. The first kappa shape index (κ1) is 16.5. The van der Waals surface area contributed by atoms with Crippen molar-refractivity contribution in [2.75, 3.05) is 45.3 Å². The van der Waals surface area contributed by atoms with Crippen LogP contribution in [0.2, 0.25) is 0 Å². The largest absolute Gasteiger partial charge is 0.383 e. The first-order valence-electron chi connectivity index (χ1n) is 7.30. The molecule has 1 saturated heterocycles. The molecule has 21 heavy (non-hydrogen) atoms. The first-order valence-corrected chi connectivity index (χ1v) is 8.09. The van der Waals surface area contributed by atoms with Gasteiger partial charge in [-0.1, -0.05) is 0 Å². The van der Waals surface area contributed by atoms with Crippen molar-refractivity contribution < 1.29 is 4.74 Å². The number of rotatable bonds is 6. The van der Waals surface area contributed by atoms with Gasteiger partial charge in [-0.15, -0.1) is 0 Å². The topological polar surface area (TPSA) is 59.4 Å². The van der Waals surface area contributed by atoms with E-state index in [-0.39, 0.29) is 5.56 Å². The van der Waals surface area contributed by atoms with Crippen molar-refractivity contribution in [2.45, 2.75) is 19.4 Å². The Balaban J connectivity index is 2.08. The predicted octanol–water partition coefficient (Wildman–Crippen LogP) is 1.09. The number of methoxy groups -OCH3 is 1. The third-order valence-electron chi connectivity index (χ3n) is 3.82. The highest BCUT2D eigenvalue weighted by molar-refractivity contribution is 9.10. The van der Waals surface area contributed by atoms with Crippen molar-refractivity contribution in [1.82, 2.24) is 15.1 Å². The Labute approximate surface area is 133 Å². The third kappa shape index (κ3) is 4.28. The summed E-state index contributed by atoms with van der Waals surface area (Å²) >= 11 is 3.42. The minimum absolute atomic E-state index is 0.113. The molecule has 7 heteroatoms. The number of piperidine rings is 1. The van der Waals surface area contributed by atoms with E-state index in [1.54, 1.807) is 13.3 Å². The highest BCUT2D eigenvalue weighted by Gasteiger charge is 2.18. The van der Waals surface area contributed by atoms with Crippen LogP contribution in [-0.4, -0.2) is 50.2 Å². The molecule has 0 aromatic carbocycles. The lowest BCUT2D eigenvalue weighted by Crippen LogP contribution is -2.37. The normalized spacial score (nSPS) is 18.7. The summed E-state index contributed by atoms with van der Waals surface area (Å²) in [4.78, 5) is 14.4. The first-order chi connectivity index (χ1) is 10.1. The van der Waals surface area contributed by atoms with Crippen LogP contribution >= 0.6 is 15.9 Å². The fourth-order valence-electron chi connectivity index (χ4n) is 2.62. The average molecular weight is 359 g/mol. The molecule has 0 amide bonds. The quantitative estimate of drug-likeness (QED) is 0.824. The summed E-state index contributed by atoms with van der Waals surface area (Å²) in [5.74, 6) is 0.617. The zero-order valence-corrected chi connectivity index (χ0v) is 14.2. The van der Waals surface area contributed by atoms with Crippen LogP contribution in [-0.2, 0) is 11.3 Å². The molecule has 1 aromatic rings. The van der Waals surface area contributed by atoms with Crippen molar-refractivity contribution in [3.8, 4) is 0 Å². The maximum Gasteiger partial charge on any atom is 0.283 e. The van der Waals surface area contributed by atoms with E-state index < -0.39 is 0 Å². The van der Waals surface area contributed by atoms with Gasteiger partial charge in [-0.05, 0) is 47.8 Å². The number of halogens is 1. The maximum atomic E-state index is 12.3. The van der Waals surface area contributed by atoms with Gasteiger partial charge in [0.15, 0.2) is 0 Å². The van der Waals surface area contributed by atoms with Crippen LogP contribution in [0.15, 0.2) is 15.5 Å². The molecule has 0 bridgehead atoms. The van der Waals surface area contributed by atoms with E-state index >= 15 is 0 Å². The van der Waals surface area contributed by atoms with Crippen LogP contribution in [0.4, 0.5) is 5.69 Å². The summed E-state index contributed by atoms with van der Waals surface area (Å²) in [5, 5.41) is 7.64. The van der Waals surface area contributed by atoms with Crippen LogP contribution in [0.1, 0.15) is 12.8 Å². The van der Waals surface area contributed by atoms with Gasteiger partial charge in [0.05, 0.1) is 25.0 Å². The molecule has 1 fully saturated rings. The lowest BCUT2D eigenvalue weighted by molar-refractivity contribution is 0.181. The molecular weight excluding hydrogens is 336 g/mol. The summed E-state index contributed by atoms with van der Waals surface area (Å²) in [6.07, 6.45) is 4.20. The number of nitrogens with zero attached hydrogens (tertiary/aromatic N) is 3. The molecule has 0 radical (unpaired) electrons. The number of nitrogens with one attached hydrogen (secondary N) is 1. The van der Waals surface area contributed by atoms with Gasteiger partial charge in [0.1, 0.15) is 4.47 Å². The zero-order valence-electron chi connectivity index (χ0n) is 12.6. The van der Waals surface area contributed by atoms with Crippen LogP contribution < -0.4 is 15.8 Å². The summed E-state index contributed by atoms with van der Waals surface area (Å²) in [6.45, 7) is 4.02. The van der Waals surface area contributed by atoms with E-state index in [2.05, 4.69) is 31.2 Å². The summed E-state index contributed by atoms with van der Waals surface area (Å²) in [5.41, 5.74) is 0.734. The minimum Gasteiger partial charge on any atom is -0.383 e. The molecule has 2 heterocycles. The molecule has 0 aliphatic carbocycles. The number of ether oxygens (including phenoxy) is 1. The van der Waals surface area contributed by atoms with Crippen molar-refractivity contribution in [2.24, 2.45) is 5.92 Å². The molecule has 1 aliphatic heterocycles. The maximum absolute atomic E-state index is 12.3. The SMILES string of the molecule is COCCn1ncc(N(C)CC2CCCNC2)c(Br)c1=O. The second-order valence-corrected chi connectivity index (χ2v) is 6.25. The Morgan fingerprint density at radius 1 is 1.62 bits per heavy atom. The van der Waals surface area contributed by atoms with Crippen molar-refractivity contribution in [1.29, 1.82) is 0 Å². The van der Waals surface area contributed by atoms with Crippen LogP contribution in [0.25, 0.3) is 0 Å². The van der Waals surface area contributed by atoms with Crippen molar-refractivity contribution in [3.05, 3.63) is 21.0 Å². The molecule has 1 aliphatic rings. The standard InChI is InChI=1S/C14H23BrN4O2/c1-18(10-11-4-3-5-16-8-11)12-9-17-19(6-7-21-2)14(20)13(12)15/h9,11,16H,3-8,10H2,1-2H3. The van der Waals surface area contributed by atoms with Crippen LogP contribution in [0.5, 0.6) is 0 Å². The molecule has 0 spiro atoms. The number of hydrogen-bond donors (Lipinski definition) is 1. The van der Waals surface area contributed by atoms with Crippen molar-refractivity contribution in [3.63, 3.8) is 0 Å². The average Bonchev–Trinajstić information content (AvgIpc) is 2.49. The van der Waals surface area contributed by atoms with Gasteiger partial charge in [-0.3, -0.25) is 4.79 Å². The van der Waals surface area contributed by atoms with Crippen molar-refractivity contribution >= 4 is 21.6 Å². The van der Waals surface area contributed by atoms with Gasteiger partial charge in [0, 0.05) is 20.7 Å². The van der Waals surface area contributed by atoms with Gasteiger partial charge < -0.3 is 15.0 Å². The van der Waals surface area contributed by atoms with E-state index in [4.69, 9.17) is 4.74 Å². The molecule has 1 atom stereocenters. The molecular formula is C14H23BrN4O2. The van der Waals surface area contributed by atoms with Crippen LogP contribution in [0.3, 0.4) is 0 Å². The van der Waals surface area contributed by atoms with E-state index in [0.29, 0.717) is 23.5 Å². The van der Waals surface area contributed by atoms with Crippen LogP contribution in [0, 0.1) is 5.92 Å². The summed E-state index contributed by atoms with van der Waals surface area (Å²) < 4.78 is 6.98. The van der Waals surface area contributed by atoms with Gasteiger partial charge >= 0.3 is 0 Å². The Morgan fingerprint density at radius 3 is 3.10 bits per heavy atom. The van der Waals surface area contributed by atoms with E-state index in [1.165, 1.54) is 17.5 Å². The molecule has 2 rings (SSSR count). The number of anilines is 1. The Hall–Kier alpha value is -0.920. The van der Waals surface area contributed by atoms with Gasteiger partial charge in [-0.2, -0.15) is 5.10 Å². The molecule has 1 aromatic heterocycles. The smallest absolute Gasteiger partial charge is 0.283 e. The molecule has 0 saturated carbocycles. The Bertz CT molecular complexity index is 514. The van der Waals surface area contributed by atoms with E-state index in [9.17, 15) is 4.79 Å². The van der Waals surface area contributed by atoms with Gasteiger partial charge in [0.25, 0.3) is 5.56 Å². The minimum atomic E-state index is -0.113. The summed E-state index contributed by atoms with van der Waals surface area (Å²) in [7, 11) is 3.62. The Kier molecular flexibility index (Phi) is 6.20. The second-order valence-electron chi connectivity index (χ2n) is 5.46. The zero-order chi connectivity index (χ0) is 15.2. The monoisotopic (exact) mass is 358 g/mol. The Morgan fingerprint density at radius 2 is 2.43 bits per heavy atom. The highest BCUT2D eigenvalue weighted by Crippen LogP contribution is 2.22. The third-order valence-corrected chi connectivity index (χ3v) is 4.56. The predicted molar refractivity (Wildman–Crippen MR) is 86.9 cm³/mol. The second kappa shape index (κ2) is 7.91. The lowest BCUT2D eigenvalue weighted by atomic mass is 9.99. The number of hydrogen-bond acceptors (Lipinski definition) is 5. The molecule has 6 nitrogen and oxygen atoms in total. The fraction of sp³-hybridized carbons (Fsp3) is 0.714. The highest BCUT2D eigenvalue weighted by atomic mass is 79.9. The lowest BCUT2D eigenvalue weighted by Gasteiger charge is -2.29. The summed E-state index contributed by atoms with van der Waals surface area (Å²) in [6, 6.07) is 0.